The molecule has 0 saturated carbocycles. The number of anilines is 12. The van der Waals surface area contributed by atoms with Crippen LogP contribution in [-0.4, -0.2) is 171 Å². The number of hydrogen-bond donors (Lipinski definition) is 6. The van der Waals surface area contributed by atoms with E-state index < -0.39 is 44.7 Å². The van der Waals surface area contributed by atoms with Gasteiger partial charge < -0.3 is 60.7 Å². The molecule has 0 spiro atoms. The van der Waals surface area contributed by atoms with Gasteiger partial charge >= 0.3 is 7.82 Å². The number of aromatic nitrogens is 12. The highest BCUT2D eigenvalue weighted by Crippen LogP contribution is 2.50. The standard InChI is InChI=1S/C75H87N24O10P/c76-28-13-49-16-31-94(32-17-49)73-85-61-43-79-97(70(103)64(61)67(88-73)82-52-1-7-55(8-2-52)91-37-22-58(100)23-38-91)46-107-110(106,108-47-98-71(104)65-62(44-80-98)86-74(95-33-18-50(14-29-77)19-34-95)89-68(65)83-53-3-9-56(10-4-53)92-39-24-59(101)25-40-92)109-48-99-72(105)66-63(45-81-99)87-75(96-35-20-51(15-30-78)21-36-96)90-69(66)84-54-5-11-57(12-6-54)93-41-26-60(102)27-42-93/h1-12,43-45,49-51,58-60,100-102H,13-27,31-42,46-48H2,(H,82,85,88)(H,83,86,89)(H,84,87,90). The van der Waals surface area contributed by atoms with Crippen molar-refractivity contribution in [1.29, 1.82) is 15.8 Å². The lowest BCUT2D eigenvalue weighted by molar-refractivity contribution is 0.0429. The van der Waals surface area contributed by atoms with Gasteiger partial charge in [0.15, 0.2) is 20.2 Å². The van der Waals surface area contributed by atoms with Crippen molar-refractivity contribution >= 4 is 110 Å². The van der Waals surface area contributed by atoms with Crippen LogP contribution in [-0.2, 0) is 38.3 Å². The Bertz CT molecular complexity index is 4640. The maximum Gasteiger partial charge on any atom is 0.480 e. The molecule has 110 heavy (non-hydrogen) atoms. The Hall–Kier alpha value is -11.0. The largest absolute Gasteiger partial charge is 0.480 e. The van der Waals surface area contributed by atoms with Crippen LogP contribution in [0.3, 0.4) is 0 Å². The Morgan fingerprint density at radius 3 is 0.864 bits per heavy atom. The van der Waals surface area contributed by atoms with E-state index in [2.05, 4.69) is 64.2 Å². The molecule has 6 N–H and O–H groups in total. The summed E-state index contributed by atoms with van der Waals surface area (Å²) in [6, 6.07) is 29.7. The number of nitriles is 3. The fourth-order valence-electron chi connectivity index (χ4n) is 15.1. The SMILES string of the molecule is N#CCC1CCN(c2nc(Nc3ccc(N4CCC(O)CC4)cc3)c3c(=O)n(COP(=O)(OCn4ncc5nc(N6CCC(CC#N)CC6)nc(Nc6ccc(N7CCC(O)CC7)cc6)c5c4=O)OCn4ncc5nc(N6CCC(CC#N)CC6)nc(Nc6ccc(N7CCC(O)CC7)cc6)c5c4=O)ncc3n2)CC1. The van der Waals surface area contributed by atoms with Gasteiger partial charge in [0.1, 0.15) is 50.2 Å². The van der Waals surface area contributed by atoms with Crippen molar-refractivity contribution in [2.24, 2.45) is 17.8 Å². The minimum atomic E-state index is -5.20. The number of nitrogens with one attached hydrogen (secondary N) is 3. The Morgan fingerprint density at radius 1 is 0.373 bits per heavy atom. The van der Waals surface area contributed by atoms with Gasteiger partial charge in [-0.15, -0.1) is 0 Å². The van der Waals surface area contributed by atoms with E-state index in [-0.39, 0.29) is 86.2 Å². The number of aliphatic hydroxyl groups is 3. The van der Waals surface area contributed by atoms with Gasteiger partial charge in [0.2, 0.25) is 17.8 Å². The van der Waals surface area contributed by atoms with Crippen LogP contribution < -0.4 is 62.0 Å². The van der Waals surface area contributed by atoms with Gasteiger partial charge in [-0.1, -0.05) is 0 Å². The quantitative estimate of drug-likeness (QED) is 0.0311. The number of hydrogen-bond acceptors (Lipinski definition) is 31. The summed E-state index contributed by atoms with van der Waals surface area (Å²) >= 11 is 0. The molecule has 9 aromatic rings. The zero-order valence-corrected chi connectivity index (χ0v) is 61.8. The third kappa shape index (κ3) is 17.0. The first-order valence-electron chi connectivity index (χ1n) is 37.7. The van der Waals surface area contributed by atoms with Gasteiger partial charge in [0.25, 0.3) is 16.7 Å². The predicted octanol–water partition coefficient (Wildman–Crippen LogP) is 8.12. The summed E-state index contributed by atoms with van der Waals surface area (Å²) in [6.07, 6.45) is 12.5. The molecule has 35 heteroatoms. The van der Waals surface area contributed by atoms with Gasteiger partial charge in [-0.25, -0.2) is 33.6 Å². The number of fused-ring (bicyclic) bond motifs is 3. The topological polar surface area (TPSA) is 414 Å². The zero-order valence-electron chi connectivity index (χ0n) is 60.9. The molecule has 0 radical (unpaired) electrons. The monoisotopic (exact) mass is 1510 g/mol. The van der Waals surface area contributed by atoms with Crippen LogP contribution in [0.4, 0.5) is 69.4 Å². The minimum absolute atomic E-state index is 0.00906. The van der Waals surface area contributed by atoms with Crippen LogP contribution in [0.1, 0.15) is 96.3 Å². The van der Waals surface area contributed by atoms with Gasteiger partial charge in [-0.3, -0.25) is 28.0 Å². The molecule has 15 rings (SSSR count). The van der Waals surface area contributed by atoms with Gasteiger partial charge in [-0.05, 0) is 168 Å². The molecular weight excluding hydrogens is 1430 g/mol. The molecule has 0 aliphatic carbocycles. The van der Waals surface area contributed by atoms with E-state index in [9.17, 15) is 31.1 Å². The van der Waals surface area contributed by atoms with E-state index in [1.807, 2.05) is 87.5 Å². The first-order chi connectivity index (χ1) is 53.6. The van der Waals surface area contributed by atoms with E-state index in [4.69, 9.17) is 43.5 Å². The summed E-state index contributed by atoms with van der Waals surface area (Å²) in [4.78, 5) is 87.5. The third-order valence-electron chi connectivity index (χ3n) is 21.8. The van der Waals surface area contributed by atoms with Crippen LogP contribution in [0.25, 0.3) is 32.7 Å². The lowest BCUT2D eigenvalue weighted by atomic mass is 9.94. The van der Waals surface area contributed by atoms with Crippen molar-refractivity contribution in [2.75, 3.05) is 124 Å². The van der Waals surface area contributed by atoms with E-state index in [0.717, 1.165) is 69.6 Å². The smallest absolute Gasteiger partial charge is 0.393 e. The highest BCUT2D eigenvalue weighted by atomic mass is 31.2. The fourth-order valence-corrected chi connectivity index (χ4v) is 16.1. The van der Waals surface area contributed by atoms with Crippen molar-refractivity contribution in [3.63, 3.8) is 0 Å². The second-order valence-electron chi connectivity index (χ2n) is 29.0. The number of phosphoric ester groups is 1. The molecule has 0 bridgehead atoms. The highest BCUT2D eigenvalue weighted by Gasteiger charge is 2.33. The fraction of sp³-hybridized carbons (Fsp3) is 0.480. The number of phosphoric acid groups is 1. The third-order valence-corrected chi connectivity index (χ3v) is 23.1. The second-order valence-corrected chi connectivity index (χ2v) is 30.7. The van der Waals surface area contributed by atoms with E-state index in [1.165, 1.54) is 18.6 Å². The molecule has 6 aliphatic rings. The molecule has 34 nitrogen and oxygen atoms in total. The Labute approximate surface area is 632 Å². The predicted molar refractivity (Wildman–Crippen MR) is 413 cm³/mol. The van der Waals surface area contributed by atoms with E-state index in [0.29, 0.717) is 171 Å². The first-order valence-corrected chi connectivity index (χ1v) is 39.2. The van der Waals surface area contributed by atoms with Crippen molar-refractivity contribution < 1.29 is 33.5 Å². The molecular formula is C75H87N24O10P. The molecule has 572 valence electrons. The molecule has 6 aliphatic heterocycles. The Kier molecular flexibility index (Phi) is 22.6. The lowest BCUT2D eigenvalue weighted by Gasteiger charge is -2.31. The van der Waals surface area contributed by atoms with Crippen LogP contribution in [0.5, 0.6) is 0 Å². The van der Waals surface area contributed by atoms with E-state index >= 15 is 18.9 Å². The number of rotatable bonds is 24. The maximum atomic E-state index is 15.8. The molecule has 12 heterocycles. The average molecular weight is 1520 g/mol. The molecule has 6 fully saturated rings. The van der Waals surface area contributed by atoms with Crippen molar-refractivity contribution in [3.05, 3.63) is 122 Å². The second kappa shape index (κ2) is 33.4. The van der Waals surface area contributed by atoms with Gasteiger partial charge in [-0.2, -0.15) is 46.0 Å². The molecule has 0 unspecified atom stereocenters. The van der Waals surface area contributed by atoms with Crippen molar-refractivity contribution in [2.45, 2.75) is 135 Å². The summed E-state index contributed by atoms with van der Waals surface area (Å²) in [5, 5.41) is 82.5. The van der Waals surface area contributed by atoms with Crippen LogP contribution >= 0.6 is 7.82 Å². The summed E-state index contributed by atoms with van der Waals surface area (Å²) in [5.74, 6) is 1.99. The van der Waals surface area contributed by atoms with Crippen molar-refractivity contribution in [1.82, 2.24) is 59.2 Å². The van der Waals surface area contributed by atoms with Crippen LogP contribution in [0, 0.1) is 51.7 Å². The minimum Gasteiger partial charge on any atom is -0.393 e. The van der Waals surface area contributed by atoms with Crippen molar-refractivity contribution in [3.8, 4) is 18.2 Å². The molecule has 0 amide bonds. The number of aliphatic hydroxyl groups excluding tert-OH is 3. The normalized spacial score (nSPS) is 17.7. The molecule has 3 aromatic carbocycles. The van der Waals surface area contributed by atoms with Gasteiger partial charge in [0.05, 0.1) is 55.1 Å². The Morgan fingerprint density at radius 2 is 0.618 bits per heavy atom. The first kappa shape index (κ1) is 74.4. The number of piperidine rings is 6. The summed E-state index contributed by atoms with van der Waals surface area (Å²) in [6.45, 7) is 4.74. The maximum absolute atomic E-state index is 15.8. The average Bonchev–Trinajstić information content (AvgIpc) is 0.777. The van der Waals surface area contributed by atoms with Crippen LogP contribution in [0.15, 0.2) is 106 Å². The van der Waals surface area contributed by atoms with E-state index in [1.54, 1.807) is 0 Å². The summed E-state index contributed by atoms with van der Waals surface area (Å²) in [5.41, 5.74) is 2.79. The molecule has 6 saturated heterocycles. The lowest BCUT2D eigenvalue weighted by Crippen LogP contribution is -2.35. The summed E-state index contributed by atoms with van der Waals surface area (Å²) in [7, 11) is -5.20. The number of benzene rings is 3. The molecule has 0 atom stereocenters. The summed E-state index contributed by atoms with van der Waals surface area (Å²) < 4.78 is 36.8. The molecule has 6 aromatic heterocycles. The Balaban J connectivity index is 0.769. The highest BCUT2D eigenvalue weighted by molar-refractivity contribution is 7.48. The van der Waals surface area contributed by atoms with Gasteiger partial charge in [0, 0.05) is 132 Å². The number of nitrogens with zero attached hydrogens (tertiary/aromatic N) is 21. The zero-order chi connectivity index (χ0) is 75.8. The van der Waals surface area contributed by atoms with Crippen LogP contribution in [0.2, 0.25) is 0 Å².